The second kappa shape index (κ2) is 24.3. The van der Waals surface area contributed by atoms with Crippen molar-refractivity contribution in [1.82, 2.24) is 19.1 Å². The summed E-state index contributed by atoms with van der Waals surface area (Å²) in [6, 6.07) is 17.3. The highest BCUT2D eigenvalue weighted by atomic mass is 16.6. The van der Waals surface area contributed by atoms with Gasteiger partial charge in [0.05, 0.1) is 55.4 Å². The van der Waals surface area contributed by atoms with E-state index < -0.39 is 30.5 Å². The van der Waals surface area contributed by atoms with Crippen molar-refractivity contribution >= 4 is 58.1 Å². The number of ether oxygens (including phenoxy) is 4. The zero-order valence-corrected chi connectivity index (χ0v) is 38.7. The van der Waals surface area contributed by atoms with Crippen molar-refractivity contribution in [2.24, 2.45) is 21.8 Å². The number of hydrogen-bond donors (Lipinski definition) is 1. The Kier molecular flexibility index (Phi) is 18.7. The molecule has 3 atom stereocenters. The van der Waals surface area contributed by atoms with Crippen molar-refractivity contribution in [2.75, 3.05) is 19.8 Å². The minimum absolute atomic E-state index is 0.00742. The Morgan fingerprint density at radius 2 is 0.985 bits per heavy atom. The Bertz CT molecular complexity index is 2210. The third kappa shape index (κ3) is 13.4. The van der Waals surface area contributed by atoms with Crippen molar-refractivity contribution in [1.29, 1.82) is 0 Å². The van der Waals surface area contributed by atoms with Crippen LogP contribution in [0.3, 0.4) is 0 Å². The normalized spacial score (nSPS) is 14.7. The third-order valence-electron chi connectivity index (χ3n) is 11.0. The molecule has 0 spiro atoms. The van der Waals surface area contributed by atoms with Crippen LogP contribution >= 0.6 is 0 Å². The third-order valence-corrected chi connectivity index (χ3v) is 11.0. The molecule has 1 N–H and O–H groups in total. The van der Waals surface area contributed by atoms with E-state index in [0.717, 1.165) is 12.8 Å². The van der Waals surface area contributed by atoms with Gasteiger partial charge in [0.15, 0.2) is 47.0 Å². The average Bonchev–Trinajstić information content (AvgIpc) is 3.95. The summed E-state index contributed by atoms with van der Waals surface area (Å²) in [5, 5.41) is 9.62. The summed E-state index contributed by atoms with van der Waals surface area (Å²) in [4.78, 5) is 92.3. The number of aliphatic hydroxyl groups excluding tert-OH is 1. The number of esters is 2. The molecule has 4 aromatic rings. The molecule has 0 unspecified atom stereocenters. The number of ketones is 4. The van der Waals surface area contributed by atoms with Gasteiger partial charge in [-0.05, 0) is 43.5 Å². The van der Waals surface area contributed by atoms with Gasteiger partial charge in [-0.2, -0.15) is 0 Å². The standard InChI is InChI=1S/C25H31N3O5.C24H29N3O6/c1-5-19(6-2)33-22(14-32-25(31)17-10-8-7-9-11-17)28-15-26-23-21(30)13-18(27-24(23)28)12-20(29)16(3)4;1-4-18(12-28)33-21(13-32-24(31)16-8-6-5-7-9-16)27-14-25-22-20(30)11-17(26-23(22)27)10-19(29)15(2)3/h7-11,15-16,19,22H,5-6,12-14H2,1-4H3;5-9,14-15,18,21,28H,4,10-13H2,1-3H3/t22-;18-,21-/m11/s1. The molecule has 0 fully saturated rings. The molecular weight excluding hydrogens is 849 g/mol. The van der Waals surface area contributed by atoms with Crippen molar-refractivity contribution in [3.05, 3.63) is 95.8 Å². The Balaban J connectivity index is 0.000000247. The second-order valence-corrected chi connectivity index (χ2v) is 16.6. The van der Waals surface area contributed by atoms with Gasteiger partial charge in [0, 0.05) is 36.1 Å². The van der Waals surface area contributed by atoms with Crippen molar-refractivity contribution in [3.63, 3.8) is 0 Å². The molecule has 0 radical (unpaired) electrons. The smallest absolute Gasteiger partial charge is 0.338 e. The van der Waals surface area contributed by atoms with E-state index in [-0.39, 0.29) is 104 Å². The van der Waals surface area contributed by atoms with Crippen LogP contribution in [0.5, 0.6) is 0 Å². The Labute approximate surface area is 384 Å². The highest BCUT2D eigenvalue weighted by Gasteiger charge is 2.32. The SMILES string of the molecule is CCC(CC)O[C@H](COC(=O)c1ccccc1)n1cnc2c1N=C(CC(=O)C(C)C)CC2=O.CC[C@H](CO)O[C@H](COC(=O)c1ccccc1)n1cnc2c1N=C(CC(=O)C(C)C)CC2=O. The number of benzene rings is 2. The predicted octanol–water partition coefficient (Wildman–Crippen LogP) is 8.02. The first kappa shape index (κ1) is 50.7. The molecule has 2 aliphatic rings. The van der Waals surface area contributed by atoms with Gasteiger partial charge in [0.25, 0.3) is 0 Å². The minimum Gasteiger partial charge on any atom is -0.457 e. The Morgan fingerprint density at radius 1 is 0.606 bits per heavy atom. The number of Topliss-reactive ketones (excluding diaryl/α,β-unsaturated/α-hetero) is 4. The molecule has 66 heavy (non-hydrogen) atoms. The van der Waals surface area contributed by atoms with Gasteiger partial charge in [-0.3, -0.25) is 28.3 Å². The molecule has 0 aliphatic carbocycles. The largest absolute Gasteiger partial charge is 0.457 e. The maximum atomic E-state index is 12.7. The van der Waals surface area contributed by atoms with E-state index in [2.05, 4.69) is 20.0 Å². The van der Waals surface area contributed by atoms with E-state index in [1.807, 2.05) is 40.7 Å². The second-order valence-electron chi connectivity index (χ2n) is 16.6. The molecule has 2 aromatic heterocycles. The fourth-order valence-corrected chi connectivity index (χ4v) is 6.85. The zero-order chi connectivity index (χ0) is 47.9. The summed E-state index contributed by atoms with van der Waals surface area (Å²) < 4.78 is 26.4. The first-order valence-electron chi connectivity index (χ1n) is 22.4. The highest BCUT2D eigenvalue weighted by molar-refractivity contribution is 6.19. The van der Waals surface area contributed by atoms with Crippen LogP contribution in [0, 0.1) is 11.8 Å². The number of imidazole rings is 2. The lowest BCUT2D eigenvalue weighted by molar-refractivity contribution is -0.121. The number of rotatable bonds is 22. The topological polar surface area (TPSA) is 220 Å². The average molecular weight is 909 g/mol. The number of hydrogen-bond acceptors (Lipinski definition) is 15. The molecule has 0 bridgehead atoms. The number of aliphatic hydroxyl groups is 1. The number of nitrogens with zero attached hydrogens (tertiary/aromatic N) is 6. The Morgan fingerprint density at radius 3 is 1.33 bits per heavy atom. The quantitative estimate of drug-likeness (QED) is 0.0740. The van der Waals surface area contributed by atoms with Gasteiger partial charge < -0.3 is 24.1 Å². The van der Waals surface area contributed by atoms with Crippen LogP contribution in [-0.2, 0) is 28.5 Å². The van der Waals surface area contributed by atoms with Gasteiger partial charge in [0.1, 0.15) is 24.8 Å². The first-order chi connectivity index (χ1) is 31.7. The molecule has 2 aromatic carbocycles. The van der Waals surface area contributed by atoms with Gasteiger partial charge in [-0.15, -0.1) is 0 Å². The number of aliphatic imine (C=N–C) groups is 2. The zero-order valence-electron chi connectivity index (χ0n) is 38.7. The molecule has 17 nitrogen and oxygen atoms in total. The summed E-state index contributed by atoms with van der Waals surface area (Å²) >= 11 is 0. The number of carbonyl (C=O) groups excluding carboxylic acids is 6. The monoisotopic (exact) mass is 908 g/mol. The predicted molar refractivity (Wildman–Crippen MR) is 245 cm³/mol. The summed E-state index contributed by atoms with van der Waals surface area (Å²) in [5.74, 6) is -1.12. The van der Waals surface area contributed by atoms with E-state index in [0.29, 0.717) is 34.8 Å². The van der Waals surface area contributed by atoms with Crippen LogP contribution in [0.15, 0.2) is 83.3 Å². The lowest BCUT2D eigenvalue weighted by atomic mass is 9.98. The summed E-state index contributed by atoms with van der Waals surface area (Å²) in [6.07, 6.45) is 3.08. The number of carbonyl (C=O) groups is 6. The molecular formula is C49H60N6O11. The Hall–Kier alpha value is -6.30. The van der Waals surface area contributed by atoms with Crippen molar-refractivity contribution in [2.45, 2.75) is 118 Å². The van der Waals surface area contributed by atoms with Gasteiger partial charge in [-0.1, -0.05) is 84.9 Å². The molecule has 0 saturated carbocycles. The van der Waals surface area contributed by atoms with Crippen LogP contribution in [0.25, 0.3) is 0 Å². The van der Waals surface area contributed by atoms with E-state index in [4.69, 9.17) is 18.9 Å². The van der Waals surface area contributed by atoms with E-state index in [1.54, 1.807) is 73.0 Å². The highest BCUT2D eigenvalue weighted by Crippen LogP contribution is 2.33. The van der Waals surface area contributed by atoms with Crippen molar-refractivity contribution < 1.29 is 52.8 Å². The summed E-state index contributed by atoms with van der Waals surface area (Å²) in [7, 11) is 0. The van der Waals surface area contributed by atoms with Gasteiger partial charge in [0.2, 0.25) is 0 Å². The fraction of sp³-hybridized carbons (Fsp3) is 0.469. The maximum Gasteiger partial charge on any atom is 0.338 e. The summed E-state index contributed by atoms with van der Waals surface area (Å²) in [6.45, 7) is 12.6. The van der Waals surface area contributed by atoms with Crippen LogP contribution in [0.1, 0.15) is 148 Å². The summed E-state index contributed by atoms with van der Waals surface area (Å²) in [5.41, 5.74) is 2.21. The molecule has 352 valence electrons. The minimum atomic E-state index is -0.872. The van der Waals surface area contributed by atoms with Crippen LogP contribution in [0.4, 0.5) is 11.6 Å². The van der Waals surface area contributed by atoms with E-state index in [1.165, 1.54) is 17.2 Å². The van der Waals surface area contributed by atoms with E-state index in [9.17, 15) is 33.9 Å². The molecule has 0 amide bonds. The molecule has 0 saturated heterocycles. The molecule has 6 rings (SSSR count). The molecule has 17 heteroatoms. The van der Waals surface area contributed by atoms with Crippen LogP contribution in [0.2, 0.25) is 0 Å². The fourth-order valence-electron chi connectivity index (χ4n) is 6.85. The van der Waals surface area contributed by atoms with Crippen molar-refractivity contribution in [3.8, 4) is 0 Å². The lowest BCUT2D eigenvalue weighted by Gasteiger charge is -2.25. The first-order valence-corrected chi connectivity index (χ1v) is 22.4. The maximum absolute atomic E-state index is 12.7. The van der Waals surface area contributed by atoms with Gasteiger partial charge in [-0.25, -0.2) is 29.5 Å². The van der Waals surface area contributed by atoms with E-state index >= 15 is 0 Å². The number of fused-ring (bicyclic) bond motifs is 2. The van der Waals surface area contributed by atoms with Crippen LogP contribution < -0.4 is 0 Å². The molecule has 2 aliphatic heterocycles. The van der Waals surface area contributed by atoms with Crippen LogP contribution in [-0.4, -0.2) is 103 Å². The van der Waals surface area contributed by atoms with Gasteiger partial charge >= 0.3 is 11.9 Å². The lowest BCUT2D eigenvalue weighted by Crippen LogP contribution is -2.28. The number of aromatic nitrogens is 4. The molecule has 4 heterocycles.